The number of ether oxygens (including phenoxy) is 1. The van der Waals surface area contributed by atoms with Gasteiger partial charge in [-0.1, -0.05) is 26.8 Å². The van der Waals surface area contributed by atoms with Crippen LogP contribution in [-0.4, -0.2) is 68.2 Å². The van der Waals surface area contributed by atoms with Crippen molar-refractivity contribution < 1.29 is 9.53 Å². The highest BCUT2D eigenvalue weighted by atomic mass is 127. The normalized spacial score (nSPS) is 19.6. The van der Waals surface area contributed by atoms with Crippen molar-refractivity contribution in [2.45, 2.75) is 46.1 Å². The molecule has 1 aliphatic heterocycles. The third-order valence-corrected chi connectivity index (χ3v) is 5.32. The number of rotatable bonds is 7. The molecular weight excluding hydrogens is 493 g/mol. The molecule has 2 rings (SSSR count). The van der Waals surface area contributed by atoms with E-state index in [1.807, 2.05) is 25.2 Å². The van der Waals surface area contributed by atoms with Crippen LogP contribution < -0.4 is 10.6 Å². The smallest absolute Gasteiger partial charge is 0.241 e. The number of guanidine groups is 1. The predicted molar refractivity (Wildman–Crippen MR) is 132 cm³/mol. The minimum Gasteiger partial charge on any atom is -0.377 e. The molecule has 1 saturated heterocycles. The Morgan fingerprint density at radius 3 is 2.73 bits per heavy atom. The van der Waals surface area contributed by atoms with Gasteiger partial charge in [0.25, 0.3) is 0 Å². The number of hydrogen-bond donors (Lipinski definition) is 2. The van der Waals surface area contributed by atoms with E-state index >= 15 is 0 Å². The van der Waals surface area contributed by atoms with E-state index in [1.54, 1.807) is 18.1 Å². The number of hydrogen-bond acceptors (Lipinski definition) is 4. The van der Waals surface area contributed by atoms with Crippen molar-refractivity contribution in [2.75, 3.05) is 40.3 Å². The number of likely N-dealkylation sites (N-methyl/N-ethyl adjacent to an activating group) is 1. The molecule has 0 saturated carbocycles. The summed E-state index contributed by atoms with van der Waals surface area (Å²) in [4.78, 5) is 22.7. The number of nitrogens with one attached hydrogen (secondary N) is 2. The molecule has 1 amide bonds. The maximum atomic E-state index is 12.4. The van der Waals surface area contributed by atoms with Crippen molar-refractivity contribution in [1.29, 1.82) is 0 Å². The summed E-state index contributed by atoms with van der Waals surface area (Å²) in [6.45, 7) is 9.14. The maximum Gasteiger partial charge on any atom is 0.241 e. The van der Waals surface area contributed by atoms with Crippen LogP contribution in [0.2, 0.25) is 0 Å². The molecule has 30 heavy (non-hydrogen) atoms. The molecule has 2 heterocycles. The first kappa shape index (κ1) is 26.6. The molecule has 2 atom stereocenters. The average molecular weight is 531 g/mol. The van der Waals surface area contributed by atoms with E-state index in [0.717, 1.165) is 38.1 Å². The van der Waals surface area contributed by atoms with Crippen LogP contribution in [0.5, 0.6) is 0 Å². The molecule has 1 aromatic heterocycles. The Hall–Kier alpha value is -1.42. The Morgan fingerprint density at radius 1 is 1.33 bits per heavy atom. The Balaban J connectivity index is 0.00000450. The average Bonchev–Trinajstić information content (AvgIpc) is 2.72. The summed E-state index contributed by atoms with van der Waals surface area (Å²) in [5, 5.41) is 6.50. The first-order chi connectivity index (χ1) is 13.8. The lowest BCUT2D eigenvalue weighted by atomic mass is 9.78. The van der Waals surface area contributed by atoms with Gasteiger partial charge in [0, 0.05) is 58.0 Å². The van der Waals surface area contributed by atoms with Crippen LogP contribution in [0.1, 0.15) is 39.3 Å². The SMILES string of the molecule is CN=C(NCC(=O)N(C)CCc1ccccn1)NCC1CCCOC1C(C)(C)C.I. The fraction of sp³-hybridized carbons (Fsp3) is 0.682. The largest absolute Gasteiger partial charge is 0.377 e. The van der Waals surface area contributed by atoms with Crippen LogP contribution in [0.15, 0.2) is 29.4 Å². The van der Waals surface area contributed by atoms with Gasteiger partial charge in [0.05, 0.1) is 12.6 Å². The molecule has 1 aromatic rings. The summed E-state index contributed by atoms with van der Waals surface area (Å²) >= 11 is 0. The van der Waals surface area contributed by atoms with Crippen LogP contribution in [-0.2, 0) is 16.0 Å². The van der Waals surface area contributed by atoms with Gasteiger partial charge in [0.15, 0.2) is 5.96 Å². The van der Waals surface area contributed by atoms with Crippen molar-refractivity contribution in [3.63, 3.8) is 0 Å². The van der Waals surface area contributed by atoms with Crippen LogP contribution >= 0.6 is 24.0 Å². The van der Waals surface area contributed by atoms with Gasteiger partial charge < -0.3 is 20.3 Å². The van der Waals surface area contributed by atoms with E-state index in [2.05, 4.69) is 41.4 Å². The van der Waals surface area contributed by atoms with Gasteiger partial charge in [-0.3, -0.25) is 14.8 Å². The highest BCUT2D eigenvalue weighted by Gasteiger charge is 2.35. The molecule has 0 bridgehead atoms. The number of carbonyl (C=O) groups excluding carboxylic acids is 1. The number of aromatic nitrogens is 1. The molecule has 8 heteroatoms. The standard InChI is InChI=1S/C22H37N5O2.HI/c1-22(2,3)20-17(9-8-14-29-20)15-25-21(23-4)26-16-19(28)27(5)13-11-18-10-6-7-12-24-18;/h6-7,10,12,17,20H,8-9,11,13-16H2,1-5H3,(H2,23,25,26);1H. The van der Waals surface area contributed by atoms with Crippen molar-refractivity contribution >= 4 is 35.8 Å². The summed E-state index contributed by atoms with van der Waals surface area (Å²) in [6, 6.07) is 5.83. The third-order valence-electron chi connectivity index (χ3n) is 5.32. The lowest BCUT2D eigenvalue weighted by Gasteiger charge is -2.40. The molecule has 1 fully saturated rings. The number of aliphatic imine (C=N–C) groups is 1. The Morgan fingerprint density at radius 2 is 2.10 bits per heavy atom. The molecule has 7 nitrogen and oxygen atoms in total. The zero-order valence-corrected chi connectivity index (χ0v) is 21.3. The van der Waals surface area contributed by atoms with Gasteiger partial charge in [-0.2, -0.15) is 0 Å². The van der Waals surface area contributed by atoms with E-state index in [1.165, 1.54) is 0 Å². The van der Waals surface area contributed by atoms with Crippen molar-refractivity contribution in [3.05, 3.63) is 30.1 Å². The van der Waals surface area contributed by atoms with Crippen molar-refractivity contribution in [2.24, 2.45) is 16.3 Å². The second kappa shape index (κ2) is 13.1. The molecule has 1 aliphatic rings. The van der Waals surface area contributed by atoms with E-state index in [9.17, 15) is 4.79 Å². The molecule has 170 valence electrons. The molecular formula is C22H38IN5O2. The van der Waals surface area contributed by atoms with Gasteiger partial charge >= 0.3 is 0 Å². The Kier molecular flexibility index (Phi) is 11.6. The van der Waals surface area contributed by atoms with Crippen molar-refractivity contribution in [3.8, 4) is 0 Å². The summed E-state index contributed by atoms with van der Waals surface area (Å²) in [6.07, 6.45) is 4.97. The van der Waals surface area contributed by atoms with Crippen LogP contribution in [0.25, 0.3) is 0 Å². The predicted octanol–water partition coefficient (Wildman–Crippen LogP) is 2.71. The number of carbonyl (C=O) groups is 1. The number of halogens is 1. The molecule has 0 aliphatic carbocycles. The lowest BCUT2D eigenvalue weighted by Crippen LogP contribution is -2.49. The lowest BCUT2D eigenvalue weighted by molar-refractivity contribution is -0.128. The van der Waals surface area contributed by atoms with E-state index in [4.69, 9.17) is 4.74 Å². The first-order valence-electron chi connectivity index (χ1n) is 10.5. The van der Waals surface area contributed by atoms with Crippen LogP contribution in [0, 0.1) is 11.3 Å². The number of amides is 1. The topological polar surface area (TPSA) is 78.9 Å². The van der Waals surface area contributed by atoms with Gasteiger partial charge in [-0.05, 0) is 30.4 Å². The van der Waals surface area contributed by atoms with Gasteiger partial charge in [-0.25, -0.2) is 0 Å². The third kappa shape index (κ3) is 8.75. The minimum atomic E-state index is 0. The van der Waals surface area contributed by atoms with E-state index in [-0.39, 0.29) is 47.9 Å². The summed E-state index contributed by atoms with van der Waals surface area (Å²) in [5.41, 5.74) is 1.09. The van der Waals surface area contributed by atoms with Gasteiger partial charge in [0.1, 0.15) is 0 Å². The molecule has 0 spiro atoms. The van der Waals surface area contributed by atoms with Gasteiger partial charge in [0.2, 0.25) is 5.91 Å². The molecule has 0 radical (unpaired) electrons. The first-order valence-corrected chi connectivity index (χ1v) is 10.5. The summed E-state index contributed by atoms with van der Waals surface area (Å²) in [5.74, 6) is 1.10. The van der Waals surface area contributed by atoms with Crippen molar-refractivity contribution in [1.82, 2.24) is 20.5 Å². The fourth-order valence-corrected chi connectivity index (χ4v) is 3.71. The quantitative estimate of drug-likeness (QED) is 0.322. The zero-order valence-electron chi connectivity index (χ0n) is 19.0. The molecule has 2 N–H and O–H groups in total. The van der Waals surface area contributed by atoms with E-state index in [0.29, 0.717) is 18.4 Å². The highest BCUT2D eigenvalue weighted by Crippen LogP contribution is 2.33. The number of nitrogens with zero attached hydrogens (tertiary/aromatic N) is 3. The van der Waals surface area contributed by atoms with Crippen LogP contribution in [0.4, 0.5) is 0 Å². The number of pyridine rings is 1. The second-order valence-electron chi connectivity index (χ2n) is 8.75. The van der Waals surface area contributed by atoms with Crippen LogP contribution in [0.3, 0.4) is 0 Å². The Bertz CT molecular complexity index is 663. The maximum absolute atomic E-state index is 12.4. The molecule has 2 unspecified atom stereocenters. The monoisotopic (exact) mass is 531 g/mol. The summed E-state index contributed by atoms with van der Waals surface area (Å²) < 4.78 is 6.05. The fourth-order valence-electron chi connectivity index (χ4n) is 3.71. The highest BCUT2D eigenvalue weighted by molar-refractivity contribution is 14.0. The van der Waals surface area contributed by atoms with E-state index < -0.39 is 0 Å². The van der Waals surface area contributed by atoms with Gasteiger partial charge in [-0.15, -0.1) is 24.0 Å². The summed E-state index contributed by atoms with van der Waals surface area (Å²) in [7, 11) is 3.54. The minimum absolute atomic E-state index is 0. The second-order valence-corrected chi connectivity index (χ2v) is 8.75. The molecule has 0 aromatic carbocycles. The zero-order chi connectivity index (χ0) is 21.3. The Labute approximate surface area is 198 Å².